The molecule has 0 fully saturated rings. The fourth-order valence-corrected chi connectivity index (χ4v) is 2.71. The second kappa shape index (κ2) is 9.14. The molecule has 27 heavy (non-hydrogen) atoms. The topological polar surface area (TPSA) is 98.5 Å². The first-order valence-corrected chi connectivity index (χ1v) is 8.65. The van der Waals surface area contributed by atoms with Crippen molar-refractivity contribution in [2.24, 2.45) is 0 Å². The Labute approximate surface area is 161 Å². The van der Waals surface area contributed by atoms with Crippen LogP contribution in [0.5, 0.6) is 0 Å². The van der Waals surface area contributed by atoms with Crippen LogP contribution in [-0.2, 0) is 9.53 Å². The summed E-state index contributed by atoms with van der Waals surface area (Å²) in [4.78, 5) is 34.9. The average Bonchev–Trinajstić information content (AvgIpc) is 2.60. The molecule has 0 aromatic heterocycles. The SMILES string of the molecule is CC(C)OC(=O)CC(NC(=O)c1ccc([N+](=O)[O-])cc1Cl)c1ccccc1. The van der Waals surface area contributed by atoms with Gasteiger partial charge in [-0.2, -0.15) is 0 Å². The molecule has 1 N–H and O–H groups in total. The minimum absolute atomic E-state index is 0.0433. The molecule has 1 atom stereocenters. The number of nitro benzene ring substituents is 1. The molecule has 0 aliphatic rings. The molecule has 2 aromatic rings. The summed E-state index contributed by atoms with van der Waals surface area (Å²) < 4.78 is 5.16. The number of nitrogens with one attached hydrogen (secondary N) is 1. The van der Waals surface area contributed by atoms with Gasteiger partial charge in [-0.1, -0.05) is 41.9 Å². The van der Waals surface area contributed by atoms with Crippen molar-refractivity contribution in [3.05, 3.63) is 74.8 Å². The number of halogens is 1. The summed E-state index contributed by atoms with van der Waals surface area (Å²) in [5.41, 5.74) is 0.599. The first-order valence-electron chi connectivity index (χ1n) is 8.27. The van der Waals surface area contributed by atoms with Gasteiger partial charge in [0.05, 0.1) is 34.1 Å². The van der Waals surface area contributed by atoms with Crippen molar-refractivity contribution >= 4 is 29.2 Å². The first kappa shape index (κ1) is 20.4. The number of hydrogen-bond acceptors (Lipinski definition) is 5. The van der Waals surface area contributed by atoms with Gasteiger partial charge in [0.1, 0.15) is 0 Å². The smallest absolute Gasteiger partial charge is 0.308 e. The van der Waals surface area contributed by atoms with Crippen molar-refractivity contribution in [3.8, 4) is 0 Å². The lowest BCUT2D eigenvalue weighted by atomic mass is 10.0. The summed E-state index contributed by atoms with van der Waals surface area (Å²) in [6.45, 7) is 3.48. The van der Waals surface area contributed by atoms with Gasteiger partial charge in [-0.15, -0.1) is 0 Å². The van der Waals surface area contributed by atoms with E-state index < -0.39 is 22.8 Å². The zero-order valence-electron chi connectivity index (χ0n) is 14.8. The lowest BCUT2D eigenvalue weighted by Gasteiger charge is -2.19. The molecule has 0 bridgehead atoms. The predicted molar refractivity (Wildman–Crippen MR) is 101 cm³/mol. The van der Waals surface area contributed by atoms with E-state index in [1.54, 1.807) is 38.1 Å². The maximum absolute atomic E-state index is 12.6. The largest absolute Gasteiger partial charge is 0.463 e. The maximum Gasteiger partial charge on any atom is 0.308 e. The molecule has 0 heterocycles. The van der Waals surface area contributed by atoms with Crippen molar-refractivity contribution in [2.45, 2.75) is 32.4 Å². The predicted octanol–water partition coefficient (Wildman–Crippen LogP) is 4.06. The zero-order valence-corrected chi connectivity index (χ0v) is 15.6. The summed E-state index contributed by atoms with van der Waals surface area (Å²) in [7, 11) is 0. The lowest BCUT2D eigenvalue weighted by molar-refractivity contribution is -0.384. The molecule has 0 spiro atoms. The quantitative estimate of drug-likeness (QED) is 0.436. The van der Waals surface area contributed by atoms with Crippen molar-refractivity contribution < 1.29 is 19.2 Å². The van der Waals surface area contributed by atoms with Gasteiger partial charge in [-0.25, -0.2) is 0 Å². The van der Waals surface area contributed by atoms with Crippen molar-refractivity contribution in [3.63, 3.8) is 0 Å². The zero-order chi connectivity index (χ0) is 20.0. The van der Waals surface area contributed by atoms with Gasteiger partial charge < -0.3 is 10.1 Å². The summed E-state index contributed by atoms with van der Waals surface area (Å²) in [6, 6.07) is 11.9. The third-order valence-electron chi connectivity index (χ3n) is 3.65. The van der Waals surface area contributed by atoms with Crippen LogP contribution in [0, 0.1) is 10.1 Å². The molecular weight excluding hydrogens is 372 g/mol. The minimum atomic E-state index is -0.629. The Morgan fingerprint density at radius 1 is 1.19 bits per heavy atom. The van der Waals surface area contributed by atoms with Crippen molar-refractivity contribution in [1.82, 2.24) is 5.32 Å². The Hall–Kier alpha value is -2.93. The summed E-state index contributed by atoms with van der Waals surface area (Å²) in [5.74, 6) is -0.991. The molecule has 8 heteroatoms. The highest BCUT2D eigenvalue weighted by Gasteiger charge is 2.22. The van der Waals surface area contributed by atoms with Gasteiger partial charge in [0.2, 0.25) is 0 Å². The van der Waals surface area contributed by atoms with E-state index in [0.29, 0.717) is 0 Å². The van der Waals surface area contributed by atoms with E-state index in [1.807, 2.05) is 6.07 Å². The standard InChI is InChI=1S/C19H19ClN2O5/c1-12(2)27-18(23)11-17(13-6-4-3-5-7-13)21-19(24)15-9-8-14(22(25)26)10-16(15)20/h3-10,12,17H,11H2,1-2H3,(H,21,24). The van der Waals surface area contributed by atoms with Gasteiger partial charge in [0, 0.05) is 12.1 Å². The number of esters is 1. The number of carbonyl (C=O) groups is 2. The Morgan fingerprint density at radius 3 is 2.41 bits per heavy atom. The van der Waals surface area contributed by atoms with Gasteiger partial charge >= 0.3 is 5.97 Å². The van der Waals surface area contributed by atoms with E-state index in [4.69, 9.17) is 16.3 Å². The van der Waals surface area contributed by atoms with Crippen molar-refractivity contribution in [2.75, 3.05) is 0 Å². The highest BCUT2D eigenvalue weighted by molar-refractivity contribution is 6.34. The molecule has 1 unspecified atom stereocenters. The molecule has 142 valence electrons. The van der Waals surface area contributed by atoms with Gasteiger partial charge in [0.25, 0.3) is 11.6 Å². The van der Waals surface area contributed by atoms with Crippen LogP contribution in [0.25, 0.3) is 0 Å². The molecule has 0 aliphatic heterocycles. The lowest BCUT2D eigenvalue weighted by Crippen LogP contribution is -2.31. The second-order valence-corrected chi connectivity index (χ2v) is 6.51. The maximum atomic E-state index is 12.6. The molecule has 0 saturated carbocycles. The van der Waals surface area contributed by atoms with Crippen LogP contribution in [0.4, 0.5) is 5.69 Å². The van der Waals surface area contributed by atoms with E-state index in [0.717, 1.165) is 11.6 Å². The number of benzene rings is 2. The number of rotatable bonds is 7. The molecule has 0 saturated heterocycles. The summed E-state index contributed by atoms with van der Waals surface area (Å²) >= 11 is 6.02. The molecule has 1 amide bonds. The second-order valence-electron chi connectivity index (χ2n) is 6.10. The van der Waals surface area contributed by atoms with Crippen LogP contribution >= 0.6 is 11.6 Å². The first-order chi connectivity index (χ1) is 12.8. The summed E-state index contributed by atoms with van der Waals surface area (Å²) in [5, 5.41) is 13.5. The molecule has 0 radical (unpaired) electrons. The highest BCUT2D eigenvalue weighted by Crippen LogP contribution is 2.24. The highest BCUT2D eigenvalue weighted by atomic mass is 35.5. The van der Waals surface area contributed by atoms with Crippen LogP contribution in [0.2, 0.25) is 5.02 Å². The third-order valence-corrected chi connectivity index (χ3v) is 3.97. The van der Waals surface area contributed by atoms with Crippen LogP contribution in [-0.4, -0.2) is 22.9 Å². The van der Waals surface area contributed by atoms with E-state index in [1.165, 1.54) is 12.1 Å². The molecular formula is C19H19ClN2O5. The average molecular weight is 391 g/mol. The van der Waals surface area contributed by atoms with Crippen LogP contribution in [0.15, 0.2) is 48.5 Å². The number of carbonyl (C=O) groups excluding carboxylic acids is 2. The van der Waals surface area contributed by atoms with E-state index in [-0.39, 0.29) is 28.8 Å². The minimum Gasteiger partial charge on any atom is -0.463 e. The fraction of sp³-hybridized carbons (Fsp3) is 0.263. The fourth-order valence-electron chi connectivity index (χ4n) is 2.45. The van der Waals surface area contributed by atoms with Crippen LogP contribution < -0.4 is 5.32 Å². The molecule has 7 nitrogen and oxygen atoms in total. The summed E-state index contributed by atoms with van der Waals surface area (Å²) in [6.07, 6.45) is -0.327. The Morgan fingerprint density at radius 2 is 1.85 bits per heavy atom. The number of nitrogens with zero attached hydrogens (tertiary/aromatic N) is 1. The number of ether oxygens (including phenoxy) is 1. The molecule has 2 aromatic carbocycles. The Kier molecular flexibility index (Phi) is 6.90. The number of hydrogen-bond donors (Lipinski definition) is 1. The number of nitro groups is 1. The van der Waals surface area contributed by atoms with Crippen LogP contribution in [0.3, 0.4) is 0 Å². The van der Waals surface area contributed by atoms with E-state index >= 15 is 0 Å². The Balaban J connectivity index is 2.23. The van der Waals surface area contributed by atoms with Crippen LogP contribution in [0.1, 0.15) is 42.2 Å². The van der Waals surface area contributed by atoms with Crippen molar-refractivity contribution in [1.29, 1.82) is 0 Å². The van der Waals surface area contributed by atoms with Gasteiger partial charge in [-0.05, 0) is 25.5 Å². The molecule has 2 rings (SSSR count). The number of non-ortho nitro benzene ring substituents is 1. The Bertz CT molecular complexity index is 839. The third kappa shape index (κ3) is 5.79. The number of amides is 1. The van der Waals surface area contributed by atoms with E-state index in [9.17, 15) is 19.7 Å². The molecule has 0 aliphatic carbocycles. The van der Waals surface area contributed by atoms with E-state index in [2.05, 4.69) is 5.32 Å². The van der Waals surface area contributed by atoms with Gasteiger partial charge in [-0.3, -0.25) is 19.7 Å². The van der Waals surface area contributed by atoms with Gasteiger partial charge in [0.15, 0.2) is 0 Å². The monoisotopic (exact) mass is 390 g/mol. The normalized spacial score (nSPS) is 11.7.